The summed E-state index contributed by atoms with van der Waals surface area (Å²) in [6.07, 6.45) is 3.50. The highest BCUT2D eigenvalue weighted by molar-refractivity contribution is 5.79. The molecule has 0 saturated carbocycles. The first-order valence-electron chi connectivity index (χ1n) is 7.91. The maximum atomic E-state index is 12.4. The number of aromatic amines is 2. The lowest BCUT2D eigenvalue weighted by atomic mass is 10.1. The van der Waals surface area contributed by atoms with Crippen molar-refractivity contribution in [3.63, 3.8) is 0 Å². The van der Waals surface area contributed by atoms with Crippen LogP contribution in [0.5, 0.6) is 0 Å². The molecule has 2 heterocycles. The van der Waals surface area contributed by atoms with Gasteiger partial charge in [-0.3, -0.25) is 5.10 Å². The minimum Gasteiger partial charge on any atom is -0.337 e. The number of benzene rings is 2. The van der Waals surface area contributed by atoms with Gasteiger partial charge in [0.25, 0.3) is 5.95 Å². The van der Waals surface area contributed by atoms with Gasteiger partial charge in [-0.1, -0.05) is 41.5 Å². The average Bonchev–Trinajstić information content (AvgIpc) is 3.17. The zero-order valence-corrected chi connectivity index (χ0v) is 13.7. The summed E-state index contributed by atoms with van der Waals surface area (Å²) in [4.78, 5) is 18.9. The molecule has 0 saturated heterocycles. The van der Waals surface area contributed by atoms with E-state index in [1.54, 1.807) is 18.5 Å². The largest absolute Gasteiger partial charge is 0.337 e. The van der Waals surface area contributed by atoms with E-state index in [1.165, 1.54) is 0 Å². The van der Waals surface area contributed by atoms with E-state index < -0.39 is 0 Å². The minimum atomic E-state index is 0.482. The second kappa shape index (κ2) is 6.20. The molecule has 0 aliphatic carbocycles. The zero-order chi connectivity index (χ0) is 17.2. The van der Waals surface area contributed by atoms with Crippen LogP contribution in [0.25, 0.3) is 22.2 Å². The predicted octanol–water partition coefficient (Wildman–Crippen LogP) is 2.50. The molecule has 4 rings (SSSR count). The quantitative estimate of drug-likeness (QED) is 0.562. The standard InChI is InChI=1S/C18H17N6O/c1-23(12-13-5-3-2-4-6-13)18-21-16-8-7-14(15-10-19-20-11-15)9-17(16)24(25)22-18/h2-11H,12H2,1H3,(H,19,20)(H,21,22,25)/q+1. The van der Waals surface area contributed by atoms with Crippen LogP contribution in [0.2, 0.25) is 0 Å². The van der Waals surface area contributed by atoms with E-state index >= 15 is 0 Å². The van der Waals surface area contributed by atoms with Crippen LogP contribution in [0.1, 0.15) is 5.56 Å². The van der Waals surface area contributed by atoms with E-state index in [0.717, 1.165) is 21.2 Å². The van der Waals surface area contributed by atoms with Crippen molar-refractivity contribution in [3.05, 3.63) is 71.4 Å². The number of fused-ring (bicyclic) bond motifs is 1. The lowest BCUT2D eigenvalue weighted by Crippen LogP contribution is -2.28. The van der Waals surface area contributed by atoms with E-state index in [4.69, 9.17) is 0 Å². The monoisotopic (exact) mass is 333 g/mol. The Morgan fingerprint density at radius 2 is 1.96 bits per heavy atom. The van der Waals surface area contributed by atoms with Gasteiger partial charge in [-0.2, -0.15) is 5.10 Å². The SMILES string of the molecule is CN(Cc1ccccc1)c1nc2ccc(-c3cn[nH]c3)cc2[n+](=O)[nH]1. The third-order valence-electron chi connectivity index (χ3n) is 4.08. The van der Waals surface area contributed by atoms with Gasteiger partial charge in [0.15, 0.2) is 4.54 Å². The van der Waals surface area contributed by atoms with Gasteiger partial charge >= 0.3 is 5.52 Å². The molecule has 2 N–H and O–H groups in total. The van der Waals surface area contributed by atoms with Crippen LogP contribution in [0, 0.1) is 4.91 Å². The molecular weight excluding hydrogens is 316 g/mol. The Hall–Kier alpha value is -3.48. The molecule has 4 aromatic rings. The third kappa shape index (κ3) is 2.99. The molecule has 0 aliphatic heterocycles. The van der Waals surface area contributed by atoms with Crippen molar-refractivity contribution in [2.75, 3.05) is 11.9 Å². The molecule has 0 fully saturated rings. The molecule has 124 valence electrons. The Morgan fingerprint density at radius 1 is 1.12 bits per heavy atom. The summed E-state index contributed by atoms with van der Waals surface area (Å²) in [6, 6.07) is 15.6. The van der Waals surface area contributed by atoms with E-state index in [0.29, 0.717) is 23.5 Å². The normalized spacial score (nSPS) is 10.9. The van der Waals surface area contributed by atoms with Gasteiger partial charge in [0, 0.05) is 31.4 Å². The number of nitrogens with zero attached hydrogens (tertiary/aromatic N) is 4. The Labute approximate surface area is 143 Å². The molecule has 2 aromatic carbocycles. The summed E-state index contributed by atoms with van der Waals surface area (Å²) in [6.45, 7) is 0.656. The average molecular weight is 333 g/mol. The molecule has 7 heteroatoms. The number of nitrogens with one attached hydrogen (secondary N) is 2. The van der Waals surface area contributed by atoms with Crippen LogP contribution in [0.3, 0.4) is 0 Å². The molecule has 0 unspecified atom stereocenters. The van der Waals surface area contributed by atoms with Crippen molar-refractivity contribution in [2.45, 2.75) is 6.54 Å². The first-order chi connectivity index (χ1) is 12.2. The van der Waals surface area contributed by atoms with Crippen molar-refractivity contribution < 1.29 is 4.54 Å². The number of hydrogen-bond donors (Lipinski definition) is 2. The van der Waals surface area contributed by atoms with Gasteiger partial charge < -0.3 is 4.90 Å². The van der Waals surface area contributed by atoms with Gasteiger partial charge in [-0.25, -0.2) is 4.98 Å². The number of H-pyrrole nitrogens is 2. The van der Waals surface area contributed by atoms with Gasteiger partial charge in [0.1, 0.15) is 5.52 Å². The van der Waals surface area contributed by atoms with Crippen molar-refractivity contribution in [1.82, 2.24) is 20.3 Å². The van der Waals surface area contributed by atoms with Crippen LogP contribution in [0.15, 0.2) is 60.9 Å². The summed E-state index contributed by atoms with van der Waals surface area (Å²) in [7, 11) is 1.90. The molecule has 0 radical (unpaired) electrons. The van der Waals surface area contributed by atoms with E-state index in [-0.39, 0.29) is 0 Å². The van der Waals surface area contributed by atoms with Crippen LogP contribution >= 0.6 is 0 Å². The fourth-order valence-corrected chi connectivity index (χ4v) is 2.76. The first-order valence-corrected chi connectivity index (χ1v) is 7.91. The molecule has 25 heavy (non-hydrogen) atoms. The number of rotatable bonds is 4. The van der Waals surface area contributed by atoms with Crippen molar-refractivity contribution >= 4 is 17.0 Å². The lowest BCUT2D eigenvalue weighted by molar-refractivity contribution is -0.535. The summed E-state index contributed by atoms with van der Waals surface area (Å²) < 4.78 is 0.753. The Morgan fingerprint density at radius 3 is 2.72 bits per heavy atom. The Kier molecular flexibility index (Phi) is 3.74. The Bertz CT molecular complexity index is 1060. The molecule has 7 nitrogen and oxygen atoms in total. The van der Waals surface area contributed by atoms with Gasteiger partial charge in [-0.05, 0) is 17.2 Å². The van der Waals surface area contributed by atoms with Crippen LogP contribution in [-0.4, -0.2) is 27.3 Å². The molecule has 0 amide bonds. The van der Waals surface area contributed by atoms with Crippen molar-refractivity contribution in [3.8, 4) is 11.1 Å². The predicted molar refractivity (Wildman–Crippen MR) is 95.6 cm³/mol. The molecule has 0 spiro atoms. The van der Waals surface area contributed by atoms with E-state index in [2.05, 4.69) is 20.3 Å². The number of hydrogen-bond acceptors (Lipinski definition) is 4. The maximum Gasteiger partial charge on any atom is 0.318 e. The van der Waals surface area contributed by atoms with Crippen molar-refractivity contribution in [2.24, 2.45) is 0 Å². The highest BCUT2D eigenvalue weighted by Crippen LogP contribution is 2.21. The maximum absolute atomic E-state index is 12.4. The summed E-state index contributed by atoms with van der Waals surface area (Å²) >= 11 is 0. The van der Waals surface area contributed by atoms with E-state index in [9.17, 15) is 4.91 Å². The van der Waals surface area contributed by atoms with Crippen LogP contribution in [0.4, 0.5) is 5.95 Å². The van der Waals surface area contributed by atoms with Crippen LogP contribution in [-0.2, 0) is 6.54 Å². The highest BCUT2D eigenvalue weighted by atomic mass is 16.3. The second-order valence-electron chi connectivity index (χ2n) is 5.87. The van der Waals surface area contributed by atoms with Gasteiger partial charge in [0.05, 0.1) is 11.1 Å². The fourth-order valence-electron chi connectivity index (χ4n) is 2.76. The highest BCUT2D eigenvalue weighted by Gasteiger charge is 2.15. The number of anilines is 1. The fraction of sp³-hybridized carbons (Fsp3) is 0.111. The van der Waals surface area contributed by atoms with Gasteiger partial charge in [-0.15, -0.1) is 0 Å². The summed E-state index contributed by atoms with van der Waals surface area (Å²) in [5.41, 5.74) is 4.10. The molecular formula is C18H17N6O+. The number of aromatic nitrogens is 5. The third-order valence-corrected chi connectivity index (χ3v) is 4.08. The second-order valence-corrected chi connectivity index (χ2v) is 5.87. The zero-order valence-electron chi connectivity index (χ0n) is 13.7. The molecule has 0 bridgehead atoms. The summed E-state index contributed by atoms with van der Waals surface area (Å²) in [5.74, 6) is 0.516. The molecule has 0 aliphatic rings. The minimum absolute atomic E-state index is 0.482. The van der Waals surface area contributed by atoms with E-state index in [1.807, 2.05) is 54.4 Å². The van der Waals surface area contributed by atoms with Gasteiger partial charge in [0.2, 0.25) is 0 Å². The van der Waals surface area contributed by atoms with Crippen LogP contribution < -0.4 is 9.44 Å². The topological polar surface area (TPSA) is 83.6 Å². The Balaban J connectivity index is 1.70. The van der Waals surface area contributed by atoms with Crippen molar-refractivity contribution in [1.29, 1.82) is 0 Å². The smallest absolute Gasteiger partial charge is 0.318 e. The lowest BCUT2D eigenvalue weighted by Gasteiger charge is -2.15. The molecule has 0 atom stereocenters. The molecule has 2 aromatic heterocycles. The summed E-state index contributed by atoms with van der Waals surface area (Å²) in [5, 5.41) is 9.51. The first kappa shape index (κ1) is 15.1.